The van der Waals surface area contributed by atoms with Crippen molar-refractivity contribution in [2.45, 2.75) is 58.1 Å². The van der Waals surface area contributed by atoms with Crippen LogP contribution in [-0.2, 0) is 14.4 Å². The highest BCUT2D eigenvalue weighted by molar-refractivity contribution is 5.87. The van der Waals surface area contributed by atoms with Crippen molar-refractivity contribution < 1.29 is 24.6 Å². The van der Waals surface area contributed by atoms with Gasteiger partial charge < -0.3 is 15.5 Å². The fraction of sp³-hybridized carbons (Fsp3) is 0.786. The van der Waals surface area contributed by atoms with Gasteiger partial charge in [0, 0.05) is 12.8 Å². The number of carbonyl (C=O) groups is 3. The van der Waals surface area contributed by atoms with Gasteiger partial charge in [0.25, 0.3) is 0 Å². The first-order valence-electron chi connectivity index (χ1n) is 7.04. The number of amides is 1. The Bertz CT molecular complexity index is 380. The molecule has 1 rings (SSSR count). The quantitative estimate of drug-likeness (QED) is 0.667. The molecule has 0 aromatic rings. The summed E-state index contributed by atoms with van der Waals surface area (Å²) in [7, 11) is 0. The summed E-state index contributed by atoms with van der Waals surface area (Å²) in [6.07, 6.45) is 0.976. The SMILES string of the molecule is CC(C)C[C@H](O)C(=O)N[C@@H](C(=O)O)[C@@H]1CCCC(=O)C1. The van der Waals surface area contributed by atoms with E-state index in [1.165, 1.54) is 0 Å². The molecule has 3 N–H and O–H groups in total. The van der Waals surface area contributed by atoms with Crippen LogP contribution in [0.25, 0.3) is 0 Å². The number of aliphatic hydroxyl groups excluding tert-OH is 1. The predicted octanol–water partition coefficient (Wildman–Crippen LogP) is 0.722. The minimum Gasteiger partial charge on any atom is -0.480 e. The Labute approximate surface area is 118 Å². The molecule has 0 saturated heterocycles. The third-order valence-electron chi connectivity index (χ3n) is 3.55. The molecular formula is C14H23NO5. The Morgan fingerprint density at radius 3 is 2.55 bits per heavy atom. The lowest BCUT2D eigenvalue weighted by atomic mass is 9.83. The number of carboxylic acid groups (broad SMARTS) is 1. The molecule has 0 spiro atoms. The lowest BCUT2D eigenvalue weighted by molar-refractivity contribution is -0.146. The van der Waals surface area contributed by atoms with Crippen molar-refractivity contribution in [3.05, 3.63) is 0 Å². The van der Waals surface area contributed by atoms with Crippen LogP contribution in [0.5, 0.6) is 0 Å². The van der Waals surface area contributed by atoms with Crippen LogP contribution in [0.15, 0.2) is 0 Å². The topological polar surface area (TPSA) is 104 Å². The summed E-state index contributed by atoms with van der Waals surface area (Å²) < 4.78 is 0. The van der Waals surface area contributed by atoms with E-state index in [4.69, 9.17) is 0 Å². The molecule has 0 aliphatic heterocycles. The summed E-state index contributed by atoms with van der Waals surface area (Å²) in [4.78, 5) is 34.5. The van der Waals surface area contributed by atoms with Crippen LogP contribution < -0.4 is 5.32 Å². The zero-order valence-corrected chi connectivity index (χ0v) is 12.0. The van der Waals surface area contributed by atoms with Gasteiger partial charge in [0.05, 0.1) is 0 Å². The maximum Gasteiger partial charge on any atom is 0.326 e. The second kappa shape index (κ2) is 7.38. The van der Waals surface area contributed by atoms with Crippen molar-refractivity contribution >= 4 is 17.7 Å². The van der Waals surface area contributed by atoms with E-state index in [0.29, 0.717) is 19.3 Å². The second-order valence-electron chi connectivity index (χ2n) is 5.86. The monoisotopic (exact) mass is 285 g/mol. The summed E-state index contributed by atoms with van der Waals surface area (Å²) >= 11 is 0. The number of carboxylic acids is 1. The van der Waals surface area contributed by atoms with E-state index in [0.717, 1.165) is 0 Å². The predicted molar refractivity (Wildman–Crippen MR) is 72.0 cm³/mol. The minimum atomic E-state index is -1.21. The van der Waals surface area contributed by atoms with Crippen molar-refractivity contribution in [1.29, 1.82) is 0 Å². The average molecular weight is 285 g/mol. The van der Waals surface area contributed by atoms with Crippen LogP contribution in [0.3, 0.4) is 0 Å². The van der Waals surface area contributed by atoms with E-state index < -0.39 is 24.0 Å². The largest absolute Gasteiger partial charge is 0.480 e. The standard InChI is InChI=1S/C14H23NO5/c1-8(2)6-11(17)13(18)15-12(14(19)20)9-4-3-5-10(16)7-9/h8-9,11-12,17H,3-7H2,1-2H3,(H,15,18)(H,19,20)/t9-,11+,12-/m1/s1. The lowest BCUT2D eigenvalue weighted by Crippen LogP contribution is -2.50. The number of rotatable bonds is 6. The zero-order valence-electron chi connectivity index (χ0n) is 12.0. The molecule has 0 radical (unpaired) electrons. The van der Waals surface area contributed by atoms with Crippen LogP contribution >= 0.6 is 0 Å². The molecule has 114 valence electrons. The smallest absolute Gasteiger partial charge is 0.326 e. The van der Waals surface area contributed by atoms with Gasteiger partial charge in [0.1, 0.15) is 17.9 Å². The second-order valence-corrected chi connectivity index (χ2v) is 5.86. The molecule has 3 atom stereocenters. The Morgan fingerprint density at radius 2 is 2.05 bits per heavy atom. The molecule has 1 saturated carbocycles. The first kappa shape index (κ1) is 16.6. The molecule has 6 heteroatoms. The summed E-state index contributed by atoms with van der Waals surface area (Å²) in [5, 5.41) is 21.3. The lowest BCUT2D eigenvalue weighted by Gasteiger charge is -2.28. The highest BCUT2D eigenvalue weighted by atomic mass is 16.4. The molecule has 1 aliphatic rings. The van der Waals surface area contributed by atoms with Crippen molar-refractivity contribution in [2.24, 2.45) is 11.8 Å². The van der Waals surface area contributed by atoms with Gasteiger partial charge in [0.15, 0.2) is 0 Å². The van der Waals surface area contributed by atoms with Gasteiger partial charge in [-0.1, -0.05) is 13.8 Å². The van der Waals surface area contributed by atoms with Crippen LogP contribution in [0.4, 0.5) is 0 Å². The molecule has 0 aromatic heterocycles. The van der Waals surface area contributed by atoms with Crippen LogP contribution in [0, 0.1) is 11.8 Å². The molecule has 0 bridgehead atoms. The molecule has 1 amide bonds. The summed E-state index contributed by atoms with van der Waals surface area (Å²) in [5.74, 6) is -2.05. The average Bonchev–Trinajstić information content (AvgIpc) is 2.34. The number of aliphatic hydroxyl groups is 1. The summed E-state index contributed by atoms with van der Waals surface area (Å²) in [5.41, 5.74) is 0. The molecule has 1 aliphatic carbocycles. The zero-order chi connectivity index (χ0) is 15.3. The number of nitrogens with one attached hydrogen (secondary N) is 1. The maximum absolute atomic E-state index is 11.8. The van der Waals surface area contributed by atoms with Gasteiger partial charge in [-0.2, -0.15) is 0 Å². The molecular weight excluding hydrogens is 262 g/mol. The molecule has 1 fully saturated rings. The molecule has 0 aromatic carbocycles. The third-order valence-corrected chi connectivity index (χ3v) is 3.55. The Kier molecular flexibility index (Phi) is 6.13. The van der Waals surface area contributed by atoms with E-state index in [-0.39, 0.29) is 30.5 Å². The maximum atomic E-state index is 11.8. The fourth-order valence-corrected chi connectivity index (χ4v) is 2.53. The number of Topliss-reactive ketones (excluding diaryl/α,β-unsaturated/α-hetero) is 1. The molecule has 0 unspecified atom stereocenters. The van der Waals surface area contributed by atoms with Crippen LogP contribution in [0.1, 0.15) is 46.0 Å². The minimum absolute atomic E-state index is 0.0319. The van der Waals surface area contributed by atoms with Gasteiger partial charge in [-0.15, -0.1) is 0 Å². The third kappa shape index (κ3) is 4.92. The van der Waals surface area contributed by atoms with E-state index in [9.17, 15) is 24.6 Å². The summed E-state index contributed by atoms with van der Waals surface area (Å²) in [6.45, 7) is 3.73. The Balaban J connectivity index is 2.65. The van der Waals surface area contributed by atoms with E-state index in [1.807, 2.05) is 13.8 Å². The van der Waals surface area contributed by atoms with Crippen LogP contribution in [0.2, 0.25) is 0 Å². The van der Waals surface area contributed by atoms with Gasteiger partial charge in [-0.3, -0.25) is 9.59 Å². The van der Waals surface area contributed by atoms with Gasteiger partial charge >= 0.3 is 5.97 Å². The van der Waals surface area contributed by atoms with Crippen molar-refractivity contribution in [2.75, 3.05) is 0 Å². The van der Waals surface area contributed by atoms with Gasteiger partial charge in [0.2, 0.25) is 5.91 Å². The van der Waals surface area contributed by atoms with Crippen LogP contribution in [-0.4, -0.2) is 40.0 Å². The molecule has 20 heavy (non-hydrogen) atoms. The van der Waals surface area contributed by atoms with E-state index in [2.05, 4.69) is 5.32 Å². The highest BCUT2D eigenvalue weighted by Crippen LogP contribution is 2.24. The fourth-order valence-electron chi connectivity index (χ4n) is 2.53. The number of ketones is 1. The molecule has 0 heterocycles. The van der Waals surface area contributed by atoms with E-state index in [1.54, 1.807) is 0 Å². The first-order valence-corrected chi connectivity index (χ1v) is 7.04. The first-order chi connectivity index (χ1) is 9.31. The number of aliphatic carboxylic acids is 1. The number of carbonyl (C=O) groups excluding carboxylic acids is 2. The van der Waals surface area contributed by atoms with Crippen molar-refractivity contribution in [3.63, 3.8) is 0 Å². The van der Waals surface area contributed by atoms with Crippen molar-refractivity contribution in [3.8, 4) is 0 Å². The summed E-state index contributed by atoms with van der Waals surface area (Å²) in [6, 6.07) is -1.10. The highest BCUT2D eigenvalue weighted by Gasteiger charge is 2.34. The van der Waals surface area contributed by atoms with Crippen molar-refractivity contribution in [1.82, 2.24) is 5.32 Å². The number of hydrogen-bond donors (Lipinski definition) is 3. The Morgan fingerprint density at radius 1 is 1.40 bits per heavy atom. The normalized spacial score (nSPS) is 22.4. The number of hydrogen-bond acceptors (Lipinski definition) is 4. The van der Waals surface area contributed by atoms with Gasteiger partial charge in [-0.05, 0) is 31.1 Å². The molecule has 6 nitrogen and oxygen atoms in total. The Hall–Kier alpha value is -1.43. The van der Waals surface area contributed by atoms with Gasteiger partial charge in [-0.25, -0.2) is 4.79 Å². The van der Waals surface area contributed by atoms with E-state index >= 15 is 0 Å².